The zero-order chi connectivity index (χ0) is 15.8. The molecular formula is C16H30N2O3. The maximum absolute atomic E-state index is 12.3. The van der Waals surface area contributed by atoms with Crippen LogP contribution in [0.15, 0.2) is 0 Å². The highest BCUT2D eigenvalue weighted by Crippen LogP contribution is 2.20. The van der Waals surface area contributed by atoms with Crippen LogP contribution in [0.3, 0.4) is 0 Å². The molecule has 0 spiro atoms. The molecule has 1 saturated heterocycles. The van der Waals surface area contributed by atoms with E-state index in [0.29, 0.717) is 25.5 Å². The molecule has 2 amide bonds. The van der Waals surface area contributed by atoms with Crippen molar-refractivity contribution in [2.45, 2.75) is 65.5 Å². The number of nitrogens with zero attached hydrogens (tertiary/aromatic N) is 1. The van der Waals surface area contributed by atoms with Crippen molar-refractivity contribution in [3.63, 3.8) is 0 Å². The lowest BCUT2D eigenvalue weighted by Crippen LogP contribution is -2.43. The predicted octanol–water partition coefficient (Wildman–Crippen LogP) is 1.95. The quantitative estimate of drug-likeness (QED) is 0.495. The molecule has 122 valence electrons. The van der Waals surface area contributed by atoms with Gasteiger partial charge in [0.05, 0.1) is 12.5 Å². The molecule has 5 heteroatoms. The first-order chi connectivity index (χ1) is 10.0. The summed E-state index contributed by atoms with van der Waals surface area (Å²) in [4.78, 5) is 25.8. The van der Waals surface area contributed by atoms with E-state index >= 15 is 0 Å². The van der Waals surface area contributed by atoms with Crippen LogP contribution in [-0.2, 0) is 14.3 Å². The van der Waals surface area contributed by atoms with Gasteiger partial charge < -0.3 is 10.1 Å². The van der Waals surface area contributed by atoms with Crippen LogP contribution in [0.5, 0.6) is 0 Å². The Labute approximate surface area is 128 Å². The van der Waals surface area contributed by atoms with E-state index in [4.69, 9.17) is 4.74 Å². The molecule has 0 aromatic heterocycles. The average molecular weight is 298 g/mol. The van der Waals surface area contributed by atoms with Gasteiger partial charge in [0.2, 0.25) is 11.8 Å². The maximum atomic E-state index is 12.3. The Morgan fingerprint density at radius 2 is 1.95 bits per heavy atom. The van der Waals surface area contributed by atoms with Crippen molar-refractivity contribution in [2.24, 2.45) is 5.92 Å². The van der Waals surface area contributed by atoms with Crippen LogP contribution in [0, 0.1) is 5.92 Å². The summed E-state index contributed by atoms with van der Waals surface area (Å²) in [5, 5.41) is 3.19. The molecule has 1 unspecified atom stereocenters. The van der Waals surface area contributed by atoms with Gasteiger partial charge >= 0.3 is 0 Å². The van der Waals surface area contributed by atoms with Gasteiger partial charge in [0.15, 0.2) is 0 Å². The van der Waals surface area contributed by atoms with Crippen molar-refractivity contribution >= 4 is 11.8 Å². The van der Waals surface area contributed by atoms with E-state index in [1.165, 1.54) is 4.90 Å². The highest BCUT2D eigenvalue weighted by molar-refractivity contribution is 6.05. The molecule has 1 N–H and O–H groups in total. The molecule has 0 aliphatic carbocycles. The molecule has 5 nitrogen and oxygen atoms in total. The first-order valence-electron chi connectivity index (χ1n) is 8.18. The number of likely N-dealkylation sites (tertiary alicyclic amines) is 1. The minimum Gasteiger partial charge on any atom is -0.381 e. The lowest BCUT2D eigenvalue weighted by Gasteiger charge is -2.24. The summed E-state index contributed by atoms with van der Waals surface area (Å²) in [5.41, 5.74) is 0. The molecule has 0 aromatic carbocycles. The van der Waals surface area contributed by atoms with Gasteiger partial charge in [0, 0.05) is 19.3 Å². The number of hydrogen-bond donors (Lipinski definition) is 1. The van der Waals surface area contributed by atoms with Crippen molar-refractivity contribution in [3.8, 4) is 0 Å². The van der Waals surface area contributed by atoms with Gasteiger partial charge in [-0.05, 0) is 31.7 Å². The van der Waals surface area contributed by atoms with E-state index in [1.54, 1.807) is 0 Å². The minimum absolute atomic E-state index is 0.0396. The molecule has 21 heavy (non-hydrogen) atoms. The fourth-order valence-corrected chi connectivity index (χ4v) is 2.62. The highest BCUT2D eigenvalue weighted by Gasteiger charge is 2.40. The number of imide groups is 1. The van der Waals surface area contributed by atoms with E-state index in [9.17, 15) is 9.59 Å². The number of hydrogen-bond acceptors (Lipinski definition) is 4. The molecule has 1 atom stereocenters. The fraction of sp³-hybridized carbons (Fsp3) is 0.875. The predicted molar refractivity (Wildman–Crippen MR) is 82.9 cm³/mol. The van der Waals surface area contributed by atoms with Crippen LogP contribution in [0.2, 0.25) is 0 Å². The fourth-order valence-electron chi connectivity index (χ4n) is 2.62. The van der Waals surface area contributed by atoms with Gasteiger partial charge in [-0.15, -0.1) is 0 Å². The van der Waals surface area contributed by atoms with Crippen LogP contribution >= 0.6 is 0 Å². The van der Waals surface area contributed by atoms with Crippen LogP contribution < -0.4 is 5.32 Å². The first kappa shape index (κ1) is 18.1. The van der Waals surface area contributed by atoms with Crippen molar-refractivity contribution in [3.05, 3.63) is 0 Å². The van der Waals surface area contributed by atoms with E-state index < -0.39 is 0 Å². The summed E-state index contributed by atoms with van der Waals surface area (Å²) in [6.07, 6.45) is 2.80. The molecule has 0 saturated carbocycles. The molecule has 0 bridgehead atoms. The van der Waals surface area contributed by atoms with Crippen molar-refractivity contribution in [2.75, 3.05) is 19.8 Å². The zero-order valence-electron chi connectivity index (χ0n) is 13.9. The summed E-state index contributed by atoms with van der Waals surface area (Å²) in [6.45, 7) is 10.4. The van der Waals surface area contributed by atoms with Gasteiger partial charge in [-0.3, -0.25) is 14.5 Å². The van der Waals surface area contributed by atoms with Crippen molar-refractivity contribution in [1.29, 1.82) is 0 Å². The summed E-state index contributed by atoms with van der Waals surface area (Å²) in [7, 11) is 0. The lowest BCUT2D eigenvalue weighted by molar-refractivity contribution is -0.141. The zero-order valence-corrected chi connectivity index (χ0v) is 13.9. The third kappa shape index (κ3) is 5.40. The molecule has 0 aromatic rings. The number of ether oxygens (including phenoxy) is 1. The molecular weight excluding hydrogens is 268 g/mol. The Balaban J connectivity index is 2.31. The summed E-state index contributed by atoms with van der Waals surface area (Å²) >= 11 is 0. The number of amides is 2. The van der Waals surface area contributed by atoms with Crippen LogP contribution in [0.4, 0.5) is 0 Å². The first-order valence-corrected chi connectivity index (χ1v) is 8.18. The second-order valence-electron chi connectivity index (χ2n) is 6.11. The second kappa shape index (κ2) is 9.15. The van der Waals surface area contributed by atoms with Gasteiger partial charge in [0.25, 0.3) is 0 Å². The average Bonchev–Trinajstić information content (AvgIpc) is 2.71. The summed E-state index contributed by atoms with van der Waals surface area (Å²) < 4.78 is 5.50. The Hall–Kier alpha value is -0.940. The van der Waals surface area contributed by atoms with E-state index in [2.05, 4.69) is 19.2 Å². The minimum atomic E-state index is -0.344. The Morgan fingerprint density at radius 1 is 1.29 bits per heavy atom. The van der Waals surface area contributed by atoms with Crippen molar-refractivity contribution in [1.82, 2.24) is 10.2 Å². The van der Waals surface area contributed by atoms with Gasteiger partial charge in [-0.25, -0.2) is 0 Å². The van der Waals surface area contributed by atoms with Crippen LogP contribution in [0.25, 0.3) is 0 Å². The number of rotatable bonds is 10. The normalized spacial score (nSPS) is 19.3. The third-order valence-corrected chi connectivity index (χ3v) is 3.80. The highest BCUT2D eigenvalue weighted by atomic mass is 16.5. The topological polar surface area (TPSA) is 58.6 Å². The Bertz CT molecular complexity index is 340. The van der Waals surface area contributed by atoms with E-state index in [1.807, 2.05) is 13.8 Å². The van der Waals surface area contributed by atoms with Crippen LogP contribution in [0.1, 0.15) is 53.4 Å². The standard InChI is InChI=1S/C16H30N2O3/c1-5-13(6-2)18-15(19)10-14(16(18)20)17-8-7-9-21-11-12(3)4/h12-14,17H,5-11H2,1-4H3. The molecule has 1 aliphatic rings. The Morgan fingerprint density at radius 3 is 2.52 bits per heavy atom. The maximum Gasteiger partial charge on any atom is 0.247 e. The number of carbonyl (C=O) groups is 2. The SMILES string of the molecule is CCC(CC)N1C(=O)CC(NCCCOCC(C)C)C1=O. The summed E-state index contributed by atoms with van der Waals surface area (Å²) in [6, 6.07) is -0.297. The van der Waals surface area contributed by atoms with Crippen molar-refractivity contribution < 1.29 is 14.3 Å². The Kier molecular flexibility index (Phi) is 7.89. The smallest absolute Gasteiger partial charge is 0.247 e. The van der Waals surface area contributed by atoms with Gasteiger partial charge in [-0.2, -0.15) is 0 Å². The molecule has 1 heterocycles. The summed E-state index contributed by atoms with van der Waals surface area (Å²) in [5.74, 6) is 0.444. The monoisotopic (exact) mass is 298 g/mol. The third-order valence-electron chi connectivity index (χ3n) is 3.80. The van der Waals surface area contributed by atoms with Crippen LogP contribution in [-0.4, -0.2) is 48.6 Å². The van der Waals surface area contributed by atoms with Gasteiger partial charge in [-0.1, -0.05) is 27.7 Å². The number of carbonyl (C=O) groups excluding carboxylic acids is 2. The van der Waals surface area contributed by atoms with Gasteiger partial charge in [0.1, 0.15) is 0 Å². The molecule has 1 rings (SSSR count). The molecule has 1 fully saturated rings. The number of nitrogens with one attached hydrogen (secondary N) is 1. The second-order valence-corrected chi connectivity index (χ2v) is 6.11. The van der Waals surface area contributed by atoms with E-state index in [0.717, 1.165) is 25.9 Å². The molecule has 1 aliphatic heterocycles. The lowest BCUT2D eigenvalue weighted by atomic mass is 10.1. The molecule has 0 radical (unpaired) electrons. The van der Waals surface area contributed by atoms with E-state index in [-0.39, 0.29) is 23.9 Å². The largest absolute Gasteiger partial charge is 0.381 e.